The minimum atomic E-state index is -4.28. The number of hydrogen-bond donors (Lipinski definition) is 1. The molecule has 2 rings (SSSR count). The summed E-state index contributed by atoms with van der Waals surface area (Å²) in [7, 11) is 0. The second-order valence-corrected chi connectivity index (χ2v) is 5.35. The van der Waals surface area contributed by atoms with Crippen molar-refractivity contribution in [2.45, 2.75) is 50.8 Å². The first kappa shape index (κ1) is 14.4. The second kappa shape index (κ2) is 5.95. The second-order valence-electron chi connectivity index (χ2n) is 5.35. The van der Waals surface area contributed by atoms with Crippen LogP contribution in [0.2, 0.25) is 0 Å². The van der Waals surface area contributed by atoms with Gasteiger partial charge >= 0.3 is 6.18 Å². The van der Waals surface area contributed by atoms with E-state index in [0.29, 0.717) is 18.8 Å². The van der Waals surface area contributed by atoms with Crippen LogP contribution >= 0.6 is 0 Å². The quantitative estimate of drug-likeness (QED) is 0.871. The fraction of sp³-hybridized carbons (Fsp3) is 0.600. The third kappa shape index (κ3) is 3.96. The normalized spacial score (nSPS) is 18.7. The zero-order valence-corrected chi connectivity index (χ0v) is 10.8. The highest BCUT2D eigenvalue weighted by molar-refractivity contribution is 5.24. The van der Waals surface area contributed by atoms with E-state index < -0.39 is 11.7 Å². The van der Waals surface area contributed by atoms with Crippen LogP contribution in [0.5, 0.6) is 0 Å². The first-order valence-corrected chi connectivity index (χ1v) is 6.81. The molecule has 0 radical (unpaired) electrons. The fourth-order valence-corrected chi connectivity index (χ4v) is 2.75. The Bertz CT molecular complexity index is 391. The molecule has 1 fully saturated rings. The van der Waals surface area contributed by atoms with Gasteiger partial charge in [0, 0.05) is 0 Å². The molecule has 0 heterocycles. The van der Waals surface area contributed by atoms with Crippen molar-refractivity contribution >= 4 is 0 Å². The molecule has 19 heavy (non-hydrogen) atoms. The molecular weight excluding hydrogens is 253 g/mol. The molecule has 1 atom stereocenters. The number of alkyl halides is 3. The molecule has 0 aliphatic heterocycles. The number of aliphatic hydroxyl groups excluding tert-OH is 1. The van der Waals surface area contributed by atoms with E-state index in [4.69, 9.17) is 0 Å². The summed E-state index contributed by atoms with van der Waals surface area (Å²) in [5.74, 6) is 0.384. The van der Waals surface area contributed by atoms with Crippen molar-refractivity contribution in [1.82, 2.24) is 0 Å². The van der Waals surface area contributed by atoms with E-state index in [1.165, 1.54) is 25.0 Å². The number of hydrogen-bond acceptors (Lipinski definition) is 1. The van der Waals surface area contributed by atoms with Crippen molar-refractivity contribution in [2.24, 2.45) is 5.92 Å². The smallest absolute Gasteiger partial charge is 0.393 e. The van der Waals surface area contributed by atoms with Crippen LogP contribution in [-0.2, 0) is 12.6 Å². The van der Waals surface area contributed by atoms with Gasteiger partial charge in [0.15, 0.2) is 0 Å². The number of aliphatic hydroxyl groups is 1. The zero-order chi connectivity index (χ0) is 13.9. The van der Waals surface area contributed by atoms with E-state index in [1.54, 1.807) is 0 Å². The minimum Gasteiger partial charge on any atom is -0.393 e. The van der Waals surface area contributed by atoms with E-state index in [2.05, 4.69) is 0 Å². The van der Waals surface area contributed by atoms with E-state index in [-0.39, 0.29) is 6.10 Å². The maximum atomic E-state index is 12.4. The molecule has 0 amide bonds. The molecule has 1 aromatic rings. The summed E-state index contributed by atoms with van der Waals surface area (Å²) in [5.41, 5.74) is 0.234. The summed E-state index contributed by atoms with van der Waals surface area (Å²) < 4.78 is 37.2. The van der Waals surface area contributed by atoms with Crippen LogP contribution in [0.3, 0.4) is 0 Å². The summed E-state index contributed by atoms with van der Waals surface area (Å²) in [6.07, 6.45) is 1.20. The standard InChI is InChI=1S/C15H19F3O/c16-15(17,18)13-8-5-11(6-9-13)7-10-14(19)12-3-1-2-4-12/h5-6,8-9,12,14,19H,1-4,7,10H2. The van der Waals surface area contributed by atoms with Gasteiger partial charge in [0.2, 0.25) is 0 Å². The van der Waals surface area contributed by atoms with E-state index in [0.717, 1.165) is 30.5 Å². The van der Waals surface area contributed by atoms with E-state index >= 15 is 0 Å². The Morgan fingerprint density at radius 3 is 2.21 bits per heavy atom. The molecule has 1 nitrogen and oxygen atoms in total. The lowest BCUT2D eigenvalue weighted by molar-refractivity contribution is -0.137. The van der Waals surface area contributed by atoms with Gasteiger partial charge in [-0.1, -0.05) is 25.0 Å². The largest absolute Gasteiger partial charge is 0.416 e. The van der Waals surface area contributed by atoms with E-state index in [9.17, 15) is 18.3 Å². The Hall–Kier alpha value is -1.03. The number of rotatable bonds is 4. The van der Waals surface area contributed by atoms with Crippen molar-refractivity contribution in [3.63, 3.8) is 0 Å². The maximum Gasteiger partial charge on any atom is 0.416 e. The lowest BCUT2D eigenvalue weighted by Gasteiger charge is -2.17. The summed E-state index contributed by atoms with van der Waals surface area (Å²) in [5, 5.41) is 10.0. The molecule has 1 saturated carbocycles. The van der Waals surface area contributed by atoms with Gasteiger partial charge in [0.25, 0.3) is 0 Å². The fourth-order valence-electron chi connectivity index (χ4n) is 2.75. The molecular formula is C15H19F3O. The van der Waals surface area contributed by atoms with Crippen LogP contribution in [0.4, 0.5) is 13.2 Å². The molecule has 1 aromatic carbocycles. The highest BCUT2D eigenvalue weighted by Crippen LogP contribution is 2.31. The SMILES string of the molecule is OC(CCc1ccc(C(F)(F)F)cc1)C1CCCC1. The Balaban J connectivity index is 1.86. The Morgan fingerprint density at radius 2 is 1.68 bits per heavy atom. The lowest BCUT2D eigenvalue weighted by Crippen LogP contribution is -2.18. The highest BCUT2D eigenvalue weighted by atomic mass is 19.4. The first-order chi connectivity index (χ1) is 8.97. The first-order valence-electron chi connectivity index (χ1n) is 6.81. The van der Waals surface area contributed by atoms with Crippen LogP contribution in [0.25, 0.3) is 0 Å². The molecule has 0 saturated heterocycles. The van der Waals surface area contributed by atoms with Crippen LogP contribution in [0.15, 0.2) is 24.3 Å². The highest BCUT2D eigenvalue weighted by Gasteiger charge is 2.30. The third-order valence-electron chi connectivity index (χ3n) is 3.95. The van der Waals surface area contributed by atoms with Gasteiger partial charge in [-0.25, -0.2) is 0 Å². The zero-order valence-electron chi connectivity index (χ0n) is 10.8. The summed E-state index contributed by atoms with van der Waals surface area (Å²) in [6, 6.07) is 5.23. The lowest BCUT2D eigenvalue weighted by atomic mass is 9.95. The van der Waals surface area contributed by atoms with E-state index in [1.807, 2.05) is 0 Å². The molecule has 0 aromatic heterocycles. The van der Waals surface area contributed by atoms with Crippen LogP contribution < -0.4 is 0 Å². The topological polar surface area (TPSA) is 20.2 Å². The number of benzene rings is 1. The van der Waals surface area contributed by atoms with Crippen molar-refractivity contribution in [3.8, 4) is 0 Å². The molecule has 1 unspecified atom stereocenters. The molecule has 0 bridgehead atoms. The molecule has 1 aliphatic rings. The van der Waals surface area contributed by atoms with Crippen molar-refractivity contribution in [1.29, 1.82) is 0 Å². The average molecular weight is 272 g/mol. The molecule has 106 valence electrons. The number of halogens is 3. The Morgan fingerprint density at radius 1 is 1.11 bits per heavy atom. The predicted molar refractivity (Wildman–Crippen MR) is 67.7 cm³/mol. The van der Waals surface area contributed by atoms with Gasteiger partial charge in [-0.05, 0) is 49.3 Å². The van der Waals surface area contributed by atoms with Gasteiger partial charge in [0.05, 0.1) is 11.7 Å². The monoisotopic (exact) mass is 272 g/mol. The van der Waals surface area contributed by atoms with Gasteiger partial charge in [-0.15, -0.1) is 0 Å². The van der Waals surface area contributed by atoms with Gasteiger partial charge in [-0.2, -0.15) is 13.2 Å². The molecule has 0 spiro atoms. The predicted octanol–water partition coefficient (Wildman–Crippen LogP) is 4.19. The van der Waals surface area contributed by atoms with Gasteiger partial charge < -0.3 is 5.11 Å². The Kier molecular flexibility index (Phi) is 4.50. The molecule has 4 heteroatoms. The van der Waals surface area contributed by atoms with Crippen molar-refractivity contribution < 1.29 is 18.3 Å². The summed E-state index contributed by atoms with van der Waals surface area (Å²) in [6.45, 7) is 0. The van der Waals surface area contributed by atoms with Crippen molar-refractivity contribution in [3.05, 3.63) is 35.4 Å². The van der Waals surface area contributed by atoms with Gasteiger partial charge in [0.1, 0.15) is 0 Å². The summed E-state index contributed by atoms with van der Waals surface area (Å²) >= 11 is 0. The Labute approximate surface area is 111 Å². The van der Waals surface area contributed by atoms with Gasteiger partial charge in [-0.3, -0.25) is 0 Å². The molecule has 1 aliphatic carbocycles. The van der Waals surface area contributed by atoms with Crippen LogP contribution in [0, 0.1) is 5.92 Å². The maximum absolute atomic E-state index is 12.4. The average Bonchev–Trinajstić information content (AvgIpc) is 2.89. The van der Waals surface area contributed by atoms with Crippen LogP contribution in [-0.4, -0.2) is 11.2 Å². The molecule has 1 N–H and O–H groups in total. The minimum absolute atomic E-state index is 0.315. The summed E-state index contributed by atoms with van der Waals surface area (Å²) in [4.78, 5) is 0. The van der Waals surface area contributed by atoms with Crippen LogP contribution in [0.1, 0.15) is 43.2 Å². The number of aryl methyl sites for hydroxylation is 1. The third-order valence-corrected chi connectivity index (χ3v) is 3.95. The van der Waals surface area contributed by atoms with Crippen molar-refractivity contribution in [2.75, 3.05) is 0 Å².